The number of unbranched alkanes of at least 4 members (excludes halogenated alkanes) is 3. The van der Waals surface area contributed by atoms with Gasteiger partial charge in [0.1, 0.15) is 6.10 Å². The maximum atomic E-state index is 10.1. The Hall–Kier alpha value is -0.900. The summed E-state index contributed by atoms with van der Waals surface area (Å²) < 4.78 is 0. The topological polar surface area (TPSA) is 63.4 Å². The third-order valence-electron chi connectivity index (χ3n) is 2.17. The van der Waals surface area contributed by atoms with Crippen molar-refractivity contribution in [1.29, 1.82) is 0 Å². The fraction of sp³-hybridized carbons (Fsp3) is 0.818. The highest BCUT2D eigenvalue weighted by Crippen LogP contribution is 2.06. The van der Waals surface area contributed by atoms with E-state index in [4.69, 9.17) is 0 Å². The molecule has 15 heavy (non-hydrogen) atoms. The zero-order valence-corrected chi connectivity index (χ0v) is 9.39. The lowest BCUT2D eigenvalue weighted by atomic mass is 10.1. The number of aliphatic hydroxyl groups is 1. The van der Waals surface area contributed by atoms with Crippen LogP contribution in [0.25, 0.3) is 0 Å². The van der Waals surface area contributed by atoms with Gasteiger partial charge in [-0.25, -0.2) is 0 Å². The van der Waals surface area contributed by atoms with Crippen LogP contribution in [-0.2, 0) is 0 Å². The molecule has 0 saturated heterocycles. The molecule has 0 aliphatic carbocycles. The lowest BCUT2D eigenvalue weighted by Crippen LogP contribution is -2.18. The molecule has 88 valence electrons. The van der Waals surface area contributed by atoms with Crippen molar-refractivity contribution in [2.75, 3.05) is 6.54 Å². The van der Waals surface area contributed by atoms with Crippen molar-refractivity contribution in [3.8, 4) is 0 Å². The molecule has 1 atom stereocenters. The summed E-state index contributed by atoms with van der Waals surface area (Å²) in [7, 11) is 0. The standard InChI is InChI=1S/C11H21NO3/c1-2-3-4-5-6-7-8-9-11(13)10-12(14)15/h3-4,11,13H,2,5-10H2,1H3. The Morgan fingerprint density at radius 2 is 2.07 bits per heavy atom. The number of nitrogens with zero attached hydrogens (tertiary/aromatic N) is 1. The third-order valence-corrected chi connectivity index (χ3v) is 2.17. The van der Waals surface area contributed by atoms with Gasteiger partial charge in [0.25, 0.3) is 0 Å². The smallest absolute Gasteiger partial charge is 0.229 e. The van der Waals surface area contributed by atoms with Gasteiger partial charge >= 0.3 is 0 Å². The lowest BCUT2D eigenvalue weighted by Gasteiger charge is -2.04. The minimum atomic E-state index is -0.772. The Morgan fingerprint density at radius 1 is 1.33 bits per heavy atom. The van der Waals surface area contributed by atoms with E-state index >= 15 is 0 Å². The van der Waals surface area contributed by atoms with Crippen LogP contribution in [0, 0.1) is 10.1 Å². The average molecular weight is 215 g/mol. The first-order chi connectivity index (χ1) is 7.16. The Morgan fingerprint density at radius 3 is 2.67 bits per heavy atom. The zero-order chi connectivity index (χ0) is 11.5. The number of aliphatic hydroxyl groups excluding tert-OH is 1. The average Bonchev–Trinajstić information content (AvgIpc) is 2.15. The molecular weight excluding hydrogens is 194 g/mol. The van der Waals surface area contributed by atoms with E-state index in [-0.39, 0.29) is 6.54 Å². The van der Waals surface area contributed by atoms with E-state index < -0.39 is 11.0 Å². The molecule has 0 aromatic heterocycles. The fourth-order valence-corrected chi connectivity index (χ4v) is 1.37. The SMILES string of the molecule is CCC=CCCCCCC(O)C[N+](=O)[O-]. The molecule has 0 aromatic rings. The maximum Gasteiger partial charge on any atom is 0.229 e. The quantitative estimate of drug-likeness (QED) is 0.278. The van der Waals surface area contributed by atoms with Crippen molar-refractivity contribution >= 4 is 0 Å². The van der Waals surface area contributed by atoms with Gasteiger partial charge in [0.15, 0.2) is 0 Å². The second-order valence-electron chi connectivity index (χ2n) is 3.69. The van der Waals surface area contributed by atoms with Crippen molar-refractivity contribution in [3.05, 3.63) is 22.3 Å². The number of hydrogen-bond acceptors (Lipinski definition) is 3. The van der Waals surface area contributed by atoms with Crippen molar-refractivity contribution in [3.63, 3.8) is 0 Å². The van der Waals surface area contributed by atoms with Crippen molar-refractivity contribution < 1.29 is 10.0 Å². The Bertz CT molecular complexity index is 192. The predicted octanol–water partition coefficient (Wildman–Crippen LogP) is 2.54. The van der Waals surface area contributed by atoms with E-state index in [1.807, 2.05) is 0 Å². The number of allylic oxidation sites excluding steroid dienone is 2. The van der Waals surface area contributed by atoms with Gasteiger partial charge in [0.05, 0.1) is 0 Å². The van der Waals surface area contributed by atoms with Gasteiger partial charge < -0.3 is 5.11 Å². The normalized spacial score (nSPS) is 13.2. The molecule has 0 aliphatic rings. The Balaban J connectivity index is 3.23. The molecule has 1 unspecified atom stereocenters. The first-order valence-electron chi connectivity index (χ1n) is 5.61. The zero-order valence-electron chi connectivity index (χ0n) is 9.39. The number of nitro groups is 1. The van der Waals surface area contributed by atoms with Crippen LogP contribution in [0.4, 0.5) is 0 Å². The van der Waals surface area contributed by atoms with Crippen LogP contribution in [0.2, 0.25) is 0 Å². The summed E-state index contributed by atoms with van der Waals surface area (Å²) in [5.41, 5.74) is 0. The summed E-state index contributed by atoms with van der Waals surface area (Å²) in [6.45, 7) is 1.78. The molecule has 0 radical (unpaired) electrons. The summed E-state index contributed by atoms with van der Waals surface area (Å²) in [5.74, 6) is 0. The molecule has 0 rings (SSSR count). The van der Waals surface area contributed by atoms with Gasteiger partial charge in [-0.2, -0.15) is 0 Å². The third kappa shape index (κ3) is 11.0. The molecule has 0 saturated carbocycles. The first kappa shape index (κ1) is 14.1. The minimum Gasteiger partial charge on any atom is -0.386 e. The fourth-order valence-electron chi connectivity index (χ4n) is 1.37. The Kier molecular flexibility index (Phi) is 9.07. The molecule has 4 nitrogen and oxygen atoms in total. The highest BCUT2D eigenvalue weighted by atomic mass is 16.6. The van der Waals surface area contributed by atoms with E-state index in [2.05, 4.69) is 19.1 Å². The Labute approximate surface area is 91.1 Å². The van der Waals surface area contributed by atoms with Gasteiger partial charge in [-0.05, 0) is 25.7 Å². The van der Waals surface area contributed by atoms with Crippen molar-refractivity contribution in [2.24, 2.45) is 0 Å². The van der Waals surface area contributed by atoms with Crippen LogP contribution < -0.4 is 0 Å². The van der Waals surface area contributed by atoms with E-state index in [9.17, 15) is 15.2 Å². The van der Waals surface area contributed by atoms with Gasteiger partial charge in [-0.3, -0.25) is 10.1 Å². The highest BCUT2D eigenvalue weighted by molar-refractivity contribution is 4.79. The lowest BCUT2D eigenvalue weighted by molar-refractivity contribution is -0.490. The van der Waals surface area contributed by atoms with E-state index in [1.165, 1.54) is 0 Å². The maximum absolute atomic E-state index is 10.1. The van der Waals surface area contributed by atoms with Crippen LogP contribution >= 0.6 is 0 Å². The van der Waals surface area contributed by atoms with E-state index in [0.717, 1.165) is 32.1 Å². The monoisotopic (exact) mass is 215 g/mol. The first-order valence-corrected chi connectivity index (χ1v) is 5.61. The van der Waals surface area contributed by atoms with Gasteiger partial charge in [0.2, 0.25) is 6.54 Å². The summed E-state index contributed by atoms with van der Waals surface area (Å²) in [4.78, 5) is 9.59. The molecule has 4 heteroatoms. The van der Waals surface area contributed by atoms with E-state index in [1.54, 1.807) is 0 Å². The summed E-state index contributed by atoms with van der Waals surface area (Å²) >= 11 is 0. The second-order valence-corrected chi connectivity index (χ2v) is 3.69. The summed E-state index contributed by atoms with van der Waals surface area (Å²) in [5, 5.41) is 19.3. The molecule has 0 aliphatic heterocycles. The summed E-state index contributed by atoms with van der Waals surface area (Å²) in [6.07, 6.45) is 9.21. The molecule has 0 bridgehead atoms. The van der Waals surface area contributed by atoms with Crippen molar-refractivity contribution in [1.82, 2.24) is 0 Å². The van der Waals surface area contributed by atoms with Gasteiger partial charge in [-0.1, -0.05) is 31.9 Å². The predicted molar refractivity (Wildman–Crippen MR) is 60.4 cm³/mol. The van der Waals surface area contributed by atoms with Crippen LogP contribution in [0.15, 0.2) is 12.2 Å². The van der Waals surface area contributed by atoms with Crippen LogP contribution in [0.3, 0.4) is 0 Å². The van der Waals surface area contributed by atoms with Crippen molar-refractivity contribution in [2.45, 2.75) is 51.6 Å². The van der Waals surface area contributed by atoms with Crippen LogP contribution in [0.1, 0.15) is 45.4 Å². The molecule has 0 amide bonds. The van der Waals surface area contributed by atoms with Gasteiger partial charge in [0, 0.05) is 4.92 Å². The largest absolute Gasteiger partial charge is 0.386 e. The van der Waals surface area contributed by atoms with Crippen LogP contribution in [0.5, 0.6) is 0 Å². The highest BCUT2D eigenvalue weighted by Gasteiger charge is 2.09. The molecule has 1 N–H and O–H groups in total. The molecule has 0 aromatic carbocycles. The number of rotatable bonds is 9. The molecule has 0 heterocycles. The molecule has 0 fully saturated rings. The minimum absolute atomic E-state index is 0.324. The van der Waals surface area contributed by atoms with Gasteiger partial charge in [-0.15, -0.1) is 0 Å². The van der Waals surface area contributed by atoms with E-state index in [0.29, 0.717) is 6.42 Å². The molecule has 0 spiro atoms. The van der Waals surface area contributed by atoms with Crippen LogP contribution in [-0.4, -0.2) is 22.7 Å². The summed E-state index contributed by atoms with van der Waals surface area (Å²) in [6, 6.07) is 0. The number of hydrogen-bond donors (Lipinski definition) is 1. The molecular formula is C11H21NO3. The second kappa shape index (κ2) is 9.65.